The van der Waals surface area contributed by atoms with Crippen LogP contribution in [0.25, 0.3) is 15.6 Å². The lowest BCUT2D eigenvalue weighted by atomic mass is 10.0. The number of halogens is 1. The van der Waals surface area contributed by atoms with Crippen molar-refractivity contribution in [3.05, 3.63) is 40.5 Å². The van der Waals surface area contributed by atoms with Crippen molar-refractivity contribution < 1.29 is 4.74 Å². The Morgan fingerprint density at radius 3 is 3.19 bits per heavy atom. The van der Waals surface area contributed by atoms with Gasteiger partial charge in [-0.05, 0) is 23.1 Å². The lowest BCUT2D eigenvalue weighted by Crippen LogP contribution is -1.86. The first-order chi connectivity index (χ1) is 7.81. The average Bonchev–Trinajstić information content (AvgIpc) is 2.76. The van der Waals surface area contributed by atoms with E-state index in [4.69, 9.17) is 22.9 Å². The molecule has 0 atom stereocenters. The zero-order valence-corrected chi connectivity index (χ0v) is 9.08. The molecule has 0 amide bonds. The van der Waals surface area contributed by atoms with Crippen LogP contribution in [0.3, 0.4) is 0 Å². The fourth-order valence-corrected chi connectivity index (χ4v) is 2.37. The molecule has 0 spiro atoms. The molecule has 0 aliphatic carbocycles. The van der Waals surface area contributed by atoms with E-state index in [2.05, 4.69) is 9.83 Å². The van der Waals surface area contributed by atoms with Crippen molar-refractivity contribution in [2.75, 3.05) is 6.61 Å². The van der Waals surface area contributed by atoms with Gasteiger partial charge in [0.05, 0.1) is 13.2 Å². The maximum atomic E-state index is 7.14. The van der Waals surface area contributed by atoms with Gasteiger partial charge in [0.15, 0.2) is 0 Å². The fourth-order valence-electron chi connectivity index (χ4n) is 2.09. The largest absolute Gasteiger partial charge is 0.504 e. The molecule has 3 nitrogen and oxygen atoms in total. The first-order valence-corrected chi connectivity index (χ1v) is 5.29. The summed E-state index contributed by atoms with van der Waals surface area (Å²) < 4.78 is 5.48. The van der Waals surface area contributed by atoms with Crippen LogP contribution in [0.4, 0.5) is 5.69 Å². The van der Waals surface area contributed by atoms with E-state index in [1.165, 1.54) is 0 Å². The van der Waals surface area contributed by atoms with E-state index in [1.807, 2.05) is 6.07 Å². The smallest absolute Gasteiger partial charge is 0.229 e. The first kappa shape index (κ1) is 9.44. The molecule has 0 bridgehead atoms. The molecule has 0 fully saturated rings. The minimum absolute atomic E-state index is 0.482. The molecule has 0 saturated heterocycles. The van der Waals surface area contributed by atoms with Gasteiger partial charge in [0.2, 0.25) is 5.69 Å². The first-order valence-electron chi connectivity index (χ1n) is 4.91. The van der Waals surface area contributed by atoms with E-state index in [1.54, 1.807) is 12.3 Å². The topological polar surface area (TPSA) is 26.5 Å². The highest BCUT2D eigenvalue weighted by Gasteiger charge is 2.21. The van der Waals surface area contributed by atoms with Crippen LogP contribution in [0.1, 0.15) is 5.56 Å². The van der Waals surface area contributed by atoms with Gasteiger partial charge in [0.1, 0.15) is 10.9 Å². The SMILES string of the molecule is [C-]#[N+]c1cc2ccnc(Cl)c2c2c1OCC2. The molecule has 1 aromatic carbocycles. The summed E-state index contributed by atoms with van der Waals surface area (Å²) in [6.45, 7) is 7.75. The van der Waals surface area contributed by atoms with Crippen LogP contribution in [-0.2, 0) is 6.42 Å². The van der Waals surface area contributed by atoms with Crippen molar-refractivity contribution in [3.63, 3.8) is 0 Å². The lowest BCUT2D eigenvalue weighted by Gasteiger charge is -2.07. The van der Waals surface area contributed by atoms with Crippen LogP contribution in [0.2, 0.25) is 5.15 Å². The number of aromatic nitrogens is 1. The number of hydrogen-bond acceptors (Lipinski definition) is 2. The highest BCUT2D eigenvalue weighted by atomic mass is 35.5. The van der Waals surface area contributed by atoms with Gasteiger partial charge in [-0.15, -0.1) is 0 Å². The number of benzene rings is 1. The normalized spacial score (nSPS) is 13.2. The minimum atomic E-state index is 0.482. The Morgan fingerprint density at radius 1 is 1.50 bits per heavy atom. The molecular weight excluding hydrogens is 224 g/mol. The van der Waals surface area contributed by atoms with Gasteiger partial charge in [-0.1, -0.05) is 11.6 Å². The molecule has 1 aliphatic heterocycles. The van der Waals surface area contributed by atoms with E-state index in [0.717, 1.165) is 22.8 Å². The summed E-state index contributed by atoms with van der Waals surface area (Å²) in [5.41, 5.74) is 1.57. The van der Waals surface area contributed by atoms with Gasteiger partial charge in [0.25, 0.3) is 0 Å². The molecular formula is C12H7ClN2O. The van der Waals surface area contributed by atoms with Gasteiger partial charge in [-0.3, -0.25) is 0 Å². The summed E-state index contributed by atoms with van der Waals surface area (Å²) in [5.74, 6) is 0.678. The van der Waals surface area contributed by atoms with E-state index in [0.29, 0.717) is 23.2 Å². The van der Waals surface area contributed by atoms with E-state index < -0.39 is 0 Å². The van der Waals surface area contributed by atoms with Gasteiger partial charge in [-0.2, -0.15) is 0 Å². The third-order valence-electron chi connectivity index (χ3n) is 2.76. The van der Waals surface area contributed by atoms with Gasteiger partial charge < -0.3 is 4.74 Å². The van der Waals surface area contributed by atoms with E-state index in [-0.39, 0.29) is 0 Å². The summed E-state index contributed by atoms with van der Waals surface area (Å²) in [7, 11) is 0. The molecule has 0 unspecified atom stereocenters. The Balaban J connectivity index is 2.50. The fraction of sp³-hybridized carbons (Fsp3) is 0.167. The molecule has 78 valence electrons. The molecule has 3 rings (SSSR count). The Bertz CT molecular complexity index is 631. The Morgan fingerprint density at radius 2 is 2.38 bits per heavy atom. The molecule has 1 aliphatic rings. The monoisotopic (exact) mass is 230 g/mol. The standard InChI is InChI=1S/C12H7ClN2O/c1-14-9-6-7-2-4-15-12(13)10(7)8-3-5-16-11(8)9/h2,4,6H,3,5H2. The second-order valence-corrected chi connectivity index (χ2v) is 3.97. The Kier molecular flexibility index (Phi) is 1.98. The number of fused-ring (bicyclic) bond motifs is 3. The van der Waals surface area contributed by atoms with Crippen LogP contribution in [0.15, 0.2) is 18.3 Å². The van der Waals surface area contributed by atoms with Crippen LogP contribution < -0.4 is 4.74 Å². The molecule has 4 heteroatoms. The summed E-state index contributed by atoms with van der Waals surface area (Å²) in [6, 6.07) is 3.68. The maximum Gasteiger partial charge on any atom is 0.229 e. The zero-order chi connectivity index (χ0) is 11.1. The van der Waals surface area contributed by atoms with Gasteiger partial charge in [0, 0.05) is 18.0 Å². The van der Waals surface area contributed by atoms with Crippen LogP contribution >= 0.6 is 11.6 Å². The van der Waals surface area contributed by atoms with Crippen LogP contribution in [-0.4, -0.2) is 11.6 Å². The molecule has 2 aromatic rings. The van der Waals surface area contributed by atoms with Crippen molar-refractivity contribution >= 4 is 28.1 Å². The second kappa shape index (κ2) is 3.36. The molecule has 0 N–H and O–H groups in total. The third-order valence-corrected chi connectivity index (χ3v) is 3.04. The predicted octanol–water partition coefficient (Wildman–Crippen LogP) is 3.37. The summed E-state index contributed by atoms with van der Waals surface area (Å²) in [5, 5.41) is 2.36. The van der Waals surface area contributed by atoms with Crippen molar-refractivity contribution in [2.45, 2.75) is 6.42 Å². The summed E-state index contributed by atoms with van der Waals surface area (Å²) >= 11 is 6.09. The van der Waals surface area contributed by atoms with Gasteiger partial charge >= 0.3 is 0 Å². The van der Waals surface area contributed by atoms with Crippen molar-refractivity contribution in [3.8, 4) is 5.75 Å². The summed E-state index contributed by atoms with van der Waals surface area (Å²) in [4.78, 5) is 7.56. The van der Waals surface area contributed by atoms with Gasteiger partial charge in [-0.25, -0.2) is 9.83 Å². The molecule has 0 saturated carbocycles. The molecule has 1 aromatic heterocycles. The van der Waals surface area contributed by atoms with Crippen LogP contribution in [0, 0.1) is 6.57 Å². The lowest BCUT2D eigenvalue weighted by molar-refractivity contribution is 0.358. The zero-order valence-electron chi connectivity index (χ0n) is 8.33. The third kappa shape index (κ3) is 1.17. The van der Waals surface area contributed by atoms with Crippen molar-refractivity contribution in [1.82, 2.24) is 4.98 Å². The number of nitrogens with zero attached hydrogens (tertiary/aromatic N) is 2. The maximum absolute atomic E-state index is 7.14. The quantitative estimate of drug-likeness (QED) is 0.512. The van der Waals surface area contributed by atoms with Crippen molar-refractivity contribution in [2.24, 2.45) is 0 Å². The summed E-state index contributed by atoms with van der Waals surface area (Å²) in [6.07, 6.45) is 2.45. The average molecular weight is 231 g/mol. The molecule has 16 heavy (non-hydrogen) atoms. The Labute approximate surface area is 97.4 Å². The highest BCUT2D eigenvalue weighted by molar-refractivity contribution is 6.34. The van der Waals surface area contributed by atoms with E-state index in [9.17, 15) is 0 Å². The predicted molar refractivity (Wildman–Crippen MR) is 62.2 cm³/mol. The number of rotatable bonds is 0. The highest BCUT2D eigenvalue weighted by Crippen LogP contribution is 2.42. The minimum Gasteiger partial charge on any atom is -0.504 e. The van der Waals surface area contributed by atoms with E-state index >= 15 is 0 Å². The van der Waals surface area contributed by atoms with Crippen LogP contribution in [0.5, 0.6) is 5.75 Å². The molecule has 0 radical (unpaired) electrons. The molecule has 2 heterocycles. The second-order valence-electron chi connectivity index (χ2n) is 3.61. The van der Waals surface area contributed by atoms with Crippen molar-refractivity contribution in [1.29, 1.82) is 0 Å². The number of pyridine rings is 1. The number of ether oxygens (including phenoxy) is 1. The Hall–Kier alpha value is -1.79. The number of hydrogen-bond donors (Lipinski definition) is 0.